The SMILES string of the molecule is O=C(NCCC1CCCCN1S(=O)(=O)c1cccs1)NCc1ccccc1. The van der Waals surface area contributed by atoms with Crippen LogP contribution in [0.5, 0.6) is 0 Å². The molecule has 1 fully saturated rings. The van der Waals surface area contributed by atoms with Crippen LogP contribution in [0.3, 0.4) is 0 Å². The largest absolute Gasteiger partial charge is 0.338 e. The second-order valence-electron chi connectivity index (χ2n) is 6.58. The zero-order valence-corrected chi connectivity index (χ0v) is 16.8. The van der Waals surface area contributed by atoms with E-state index >= 15 is 0 Å². The van der Waals surface area contributed by atoms with Gasteiger partial charge in [0.25, 0.3) is 10.0 Å². The van der Waals surface area contributed by atoms with Gasteiger partial charge in [-0.15, -0.1) is 11.3 Å². The molecule has 1 aromatic heterocycles. The molecule has 0 radical (unpaired) electrons. The Morgan fingerprint density at radius 1 is 1.11 bits per heavy atom. The number of sulfonamides is 1. The lowest BCUT2D eigenvalue weighted by Gasteiger charge is -2.34. The minimum atomic E-state index is -3.44. The molecule has 2 amide bonds. The lowest BCUT2D eigenvalue weighted by atomic mass is 10.0. The summed E-state index contributed by atoms with van der Waals surface area (Å²) < 4.78 is 27.7. The quantitative estimate of drug-likeness (QED) is 0.740. The van der Waals surface area contributed by atoms with Crippen LogP contribution in [0, 0.1) is 0 Å². The van der Waals surface area contributed by atoms with Crippen LogP contribution in [0.1, 0.15) is 31.2 Å². The molecule has 1 unspecified atom stereocenters. The van der Waals surface area contributed by atoms with Gasteiger partial charge >= 0.3 is 6.03 Å². The highest BCUT2D eigenvalue weighted by Gasteiger charge is 2.33. The highest BCUT2D eigenvalue weighted by atomic mass is 32.2. The van der Waals surface area contributed by atoms with E-state index in [4.69, 9.17) is 0 Å². The van der Waals surface area contributed by atoms with Gasteiger partial charge in [-0.05, 0) is 36.3 Å². The first kappa shape index (κ1) is 19.9. The average Bonchev–Trinajstić information content (AvgIpc) is 3.23. The number of hydrogen-bond donors (Lipinski definition) is 2. The van der Waals surface area contributed by atoms with Crippen molar-refractivity contribution in [2.75, 3.05) is 13.1 Å². The molecule has 0 aliphatic carbocycles. The van der Waals surface area contributed by atoms with Gasteiger partial charge in [0.1, 0.15) is 4.21 Å². The summed E-state index contributed by atoms with van der Waals surface area (Å²) in [6, 6.07) is 12.8. The third-order valence-electron chi connectivity index (χ3n) is 4.69. The van der Waals surface area contributed by atoms with Crippen molar-refractivity contribution in [1.29, 1.82) is 0 Å². The van der Waals surface area contributed by atoms with Gasteiger partial charge in [-0.2, -0.15) is 4.31 Å². The van der Waals surface area contributed by atoms with Crippen LogP contribution in [0.25, 0.3) is 0 Å². The Labute approximate surface area is 164 Å². The molecule has 146 valence electrons. The Hall–Kier alpha value is -1.90. The van der Waals surface area contributed by atoms with Gasteiger partial charge < -0.3 is 10.6 Å². The Balaban J connectivity index is 1.49. The van der Waals surface area contributed by atoms with Crippen LogP contribution in [0.15, 0.2) is 52.1 Å². The normalized spacial score (nSPS) is 18.1. The smallest absolute Gasteiger partial charge is 0.315 e. The molecule has 1 aliphatic rings. The minimum Gasteiger partial charge on any atom is -0.338 e. The second kappa shape index (κ2) is 9.34. The molecule has 27 heavy (non-hydrogen) atoms. The first-order chi connectivity index (χ1) is 13.1. The van der Waals surface area contributed by atoms with Crippen LogP contribution >= 0.6 is 11.3 Å². The van der Waals surface area contributed by atoms with E-state index in [1.165, 1.54) is 11.3 Å². The fourth-order valence-corrected chi connectivity index (χ4v) is 6.14. The van der Waals surface area contributed by atoms with E-state index in [9.17, 15) is 13.2 Å². The van der Waals surface area contributed by atoms with E-state index in [1.54, 1.807) is 21.8 Å². The van der Waals surface area contributed by atoms with Crippen molar-refractivity contribution < 1.29 is 13.2 Å². The highest BCUT2D eigenvalue weighted by Crippen LogP contribution is 2.28. The average molecular weight is 408 g/mol. The lowest BCUT2D eigenvalue weighted by molar-refractivity contribution is 0.229. The van der Waals surface area contributed by atoms with Gasteiger partial charge in [0.05, 0.1) is 0 Å². The van der Waals surface area contributed by atoms with Crippen LogP contribution in [-0.4, -0.2) is 37.9 Å². The summed E-state index contributed by atoms with van der Waals surface area (Å²) in [6.45, 7) is 1.46. The summed E-state index contributed by atoms with van der Waals surface area (Å²) in [5, 5.41) is 7.44. The number of nitrogens with zero attached hydrogens (tertiary/aromatic N) is 1. The number of amides is 2. The number of urea groups is 1. The number of thiophene rings is 1. The maximum absolute atomic E-state index is 12.9. The van der Waals surface area contributed by atoms with E-state index < -0.39 is 10.0 Å². The van der Waals surface area contributed by atoms with E-state index in [2.05, 4.69) is 10.6 Å². The van der Waals surface area contributed by atoms with Gasteiger partial charge in [0.15, 0.2) is 0 Å². The van der Waals surface area contributed by atoms with Crippen molar-refractivity contribution in [2.24, 2.45) is 0 Å². The fraction of sp³-hybridized carbons (Fsp3) is 0.421. The molecule has 2 heterocycles. The fourth-order valence-electron chi connectivity index (χ4n) is 3.30. The molecule has 2 N–H and O–H groups in total. The number of carbonyl (C=O) groups excluding carboxylic acids is 1. The molecule has 3 rings (SSSR count). The summed E-state index contributed by atoms with van der Waals surface area (Å²) in [6.07, 6.45) is 3.34. The lowest BCUT2D eigenvalue weighted by Crippen LogP contribution is -2.45. The van der Waals surface area contributed by atoms with Gasteiger partial charge in [-0.1, -0.05) is 42.8 Å². The van der Waals surface area contributed by atoms with Gasteiger partial charge in [-0.25, -0.2) is 13.2 Å². The summed E-state index contributed by atoms with van der Waals surface area (Å²) >= 11 is 1.25. The number of nitrogens with one attached hydrogen (secondary N) is 2. The molecular formula is C19H25N3O3S2. The Bertz CT molecular complexity index is 823. The molecule has 1 saturated heterocycles. The van der Waals surface area contributed by atoms with E-state index in [0.717, 1.165) is 24.8 Å². The molecule has 0 bridgehead atoms. The van der Waals surface area contributed by atoms with Crippen molar-refractivity contribution in [1.82, 2.24) is 14.9 Å². The second-order valence-corrected chi connectivity index (χ2v) is 9.65. The number of piperidine rings is 1. The summed E-state index contributed by atoms with van der Waals surface area (Å²) in [5.74, 6) is 0. The third kappa shape index (κ3) is 5.31. The van der Waals surface area contributed by atoms with E-state index in [1.807, 2.05) is 30.3 Å². The zero-order chi connectivity index (χ0) is 19.1. The predicted molar refractivity (Wildman–Crippen MR) is 107 cm³/mol. The van der Waals surface area contributed by atoms with Crippen molar-refractivity contribution in [3.63, 3.8) is 0 Å². The molecule has 1 aromatic carbocycles. The number of benzene rings is 1. The first-order valence-electron chi connectivity index (χ1n) is 9.18. The Morgan fingerprint density at radius 3 is 2.67 bits per heavy atom. The van der Waals surface area contributed by atoms with E-state index in [-0.39, 0.29) is 12.1 Å². The topological polar surface area (TPSA) is 78.5 Å². The molecule has 8 heteroatoms. The van der Waals surface area contributed by atoms with Crippen molar-refractivity contribution in [3.05, 3.63) is 53.4 Å². The van der Waals surface area contributed by atoms with Gasteiger partial charge in [-0.3, -0.25) is 0 Å². The van der Waals surface area contributed by atoms with E-state index in [0.29, 0.717) is 30.3 Å². The zero-order valence-electron chi connectivity index (χ0n) is 15.1. The third-order valence-corrected chi connectivity index (χ3v) is 8.02. The molecule has 1 aliphatic heterocycles. The first-order valence-corrected chi connectivity index (χ1v) is 11.5. The van der Waals surface area contributed by atoms with Crippen LogP contribution in [0.2, 0.25) is 0 Å². The molecule has 1 atom stereocenters. The molecule has 0 spiro atoms. The maximum atomic E-state index is 12.9. The van der Waals surface area contributed by atoms with Crippen molar-refractivity contribution in [3.8, 4) is 0 Å². The summed E-state index contributed by atoms with van der Waals surface area (Å²) in [7, 11) is -3.44. The molecule has 6 nitrogen and oxygen atoms in total. The van der Waals surface area contributed by atoms with Crippen LogP contribution in [-0.2, 0) is 16.6 Å². The maximum Gasteiger partial charge on any atom is 0.315 e. The highest BCUT2D eigenvalue weighted by molar-refractivity contribution is 7.91. The minimum absolute atomic E-state index is 0.0692. The number of carbonyl (C=O) groups is 1. The van der Waals surface area contributed by atoms with Gasteiger partial charge in [0, 0.05) is 25.7 Å². The predicted octanol–water partition coefficient (Wildman–Crippen LogP) is 3.18. The van der Waals surface area contributed by atoms with Gasteiger partial charge in [0.2, 0.25) is 0 Å². The number of hydrogen-bond acceptors (Lipinski definition) is 4. The number of rotatable bonds is 7. The van der Waals surface area contributed by atoms with Crippen molar-refractivity contribution in [2.45, 2.75) is 42.5 Å². The summed E-state index contributed by atoms with van der Waals surface area (Å²) in [4.78, 5) is 12.0. The Kier molecular flexibility index (Phi) is 6.87. The monoisotopic (exact) mass is 407 g/mol. The van der Waals surface area contributed by atoms with Crippen molar-refractivity contribution >= 4 is 27.4 Å². The Morgan fingerprint density at radius 2 is 1.93 bits per heavy atom. The molecular weight excluding hydrogens is 382 g/mol. The molecule has 0 saturated carbocycles. The summed E-state index contributed by atoms with van der Waals surface area (Å²) in [5.41, 5.74) is 1.04. The van der Waals surface area contributed by atoms with Crippen LogP contribution in [0.4, 0.5) is 4.79 Å². The molecule has 2 aromatic rings. The standard InChI is InChI=1S/C19H25N3O3S2/c23-19(21-15-16-7-2-1-3-8-16)20-12-11-17-9-4-5-13-22(17)27(24,25)18-10-6-14-26-18/h1-3,6-8,10,14,17H,4-5,9,11-13,15H2,(H2,20,21,23). The van der Waals surface area contributed by atoms with Crippen LogP contribution < -0.4 is 10.6 Å².